The molecule has 6 nitrogen and oxygen atoms in total. The lowest BCUT2D eigenvalue weighted by Gasteiger charge is -2.23. The standard InChI is InChI=1S/C15H23N3O3/c1-2-3-13-16-8-12(21-13)9-17-14(19)18-6-7-20-11-15(10-18)4-5-15/h8H,2-7,9-11H2,1H3,(H,17,19). The van der Waals surface area contributed by atoms with E-state index >= 15 is 0 Å². The maximum absolute atomic E-state index is 12.3. The summed E-state index contributed by atoms with van der Waals surface area (Å²) in [7, 11) is 0. The van der Waals surface area contributed by atoms with E-state index in [1.165, 1.54) is 12.8 Å². The molecule has 1 aliphatic carbocycles. The second-order valence-corrected chi connectivity index (χ2v) is 6.10. The fraction of sp³-hybridized carbons (Fsp3) is 0.733. The van der Waals surface area contributed by atoms with Gasteiger partial charge in [-0.3, -0.25) is 0 Å². The summed E-state index contributed by atoms with van der Waals surface area (Å²) in [5.74, 6) is 1.45. The number of hydrogen-bond acceptors (Lipinski definition) is 4. The predicted octanol–water partition coefficient (Wildman–Crippen LogP) is 1.95. The van der Waals surface area contributed by atoms with Crippen LogP contribution in [-0.4, -0.2) is 42.2 Å². The second-order valence-electron chi connectivity index (χ2n) is 6.10. The molecule has 116 valence electrons. The molecule has 1 aromatic rings. The molecule has 1 spiro atoms. The van der Waals surface area contributed by atoms with E-state index in [1.807, 2.05) is 4.90 Å². The van der Waals surface area contributed by atoms with Gasteiger partial charge in [0.25, 0.3) is 0 Å². The zero-order chi connectivity index (χ0) is 14.7. The van der Waals surface area contributed by atoms with E-state index in [-0.39, 0.29) is 11.4 Å². The molecule has 0 atom stereocenters. The number of aromatic nitrogens is 1. The number of rotatable bonds is 4. The molecule has 1 saturated carbocycles. The number of carbonyl (C=O) groups excluding carboxylic acids is 1. The number of nitrogens with one attached hydrogen (secondary N) is 1. The van der Waals surface area contributed by atoms with Crippen LogP contribution >= 0.6 is 0 Å². The third-order valence-corrected chi connectivity index (χ3v) is 4.16. The Morgan fingerprint density at radius 1 is 1.52 bits per heavy atom. The van der Waals surface area contributed by atoms with Gasteiger partial charge in [0.2, 0.25) is 0 Å². The van der Waals surface area contributed by atoms with Crippen LogP contribution in [0.2, 0.25) is 0 Å². The largest absolute Gasteiger partial charge is 0.444 e. The maximum Gasteiger partial charge on any atom is 0.317 e. The minimum absolute atomic E-state index is 0.0415. The highest BCUT2D eigenvalue weighted by Crippen LogP contribution is 2.47. The zero-order valence-electron chi connectivity index (χ0n) is 12.6. The highest BCUT2D eigenvalue weighted by Gasteiger charge is 2.46. The lowest BCUT2D eigenvalue weighted by molar-refractivity contribution is 0.115. The van der Waals surface area contributed by atoms with Crippen LogP contribution in [0.4, 0.5) is 4.79 Å². The van der Waals surface area contributed by atoms with Gasteiger partial charge in [-0.05, 0) is 19.3 Å². The van der Waals surface area contributed by atoms with Gasteiger partial charge < -0.3 is 19.4 Å². The van der Waals surface area contributed by atoms with Gasteiger partial charge in [0.1, 0.15) is 5.76 Å². The second kappa shape index (κ2) is 6.05. The monoisotopic (exact) mass is 293 g/mol. The van der Waals surface area contributed by atoms with Crippen molar-refractivity contribution in [3.8, 4) is 0 Å². The first-order valence-electron chi connectivity index (χ1n) is 7.75. The summed E-state index contributed by atoms with van der Waals surface area (Å²) >= 11 is 0. The van der Waals surface area contributed by atoms with E-state index in [0.29, 0.717) is 25.5 Å². The van der Waals surface area contributed by atoms with E-state index in [9.17, 15) is 4.79 Å². The quantitative estimate of drug-likeness (QED) is 0.921. The minimum atomic E-state index is -0.0415. The van der Waals surface area contributed by atoms with Gasteiger partial charge in [-0.1, -0.05) is 6.92 Å². The average Bonchev–Trinajstić information content (AvgIpc) is 3.17. The first-order valence-corrected chi connectivity index (χ1v) is 7.75. The van der Waals surface area contributed by atoms with Crippen LogP contribution in [0.25, 0.3) is 0 Å². The molecule has 0 bridgehead atoms. The molecular weight excluding hydrogens is 270 g/mol. The Morgan fingerprint density at radius 3 is 3.14 bits per heavy atom. The normalized spacial score (nSPS) is 20.3. The smallest absolute Gasteiger partial charge is 0.317 e. The summed E-state index contributed by atoms with van der Waals surface area (Å²) in [6.45, 7) is 5.35. The van der Waals surface area contributed by atoms with Gasteiger partial charge >= 0.3 is 6.03 Å². The molecule has 21 heavy (non-hydrogen) atoms. The molecule has 1 saturated heterocycles. The van der Waals surface area contributed by atoms with Gasteiger partial charge in [0.05, 0.1) is 26.0 Å². The molecule has 3 rings (SSSR count). The molecule has 2 heterocycles. The molecule has 6 heteroatoms. The number of ether oxygens (including phenoxy) is 1. The molecule has 0 radical (unpaired) electrons. The van der Waals surface area contributed by atoms with Crippen LogP contribution in [0.3, 0.4) is 0 Å². The Kier molecular flexibility index (Phi) is 4.14. The van der Waals surface area contributed by atoms with Crippen molar-refractivity contribution in [2.24, 2.45) is 5.41 Å². The SMILES string of the molecule is CCCc1ncc(CNC(=O)N2CCOCC3(CC3)C2)o1. The van der Waals surface area contributed by atoms with Crippen molar-refractivity contribution in [1.82, 2.24) is 15.2 Å². The summed E-state index contributed by atoms with van der Waals surface area (Å²) < 4.78 is 11.2. The summed E-state index contributed by atoms with van der Waals surface area (Å²) in [6.07, 6.45) is 5.86. The summed E-state index contributed by atoms with van der Waals surface area (Å²) in [4.78, 5) is 18.3. The van der Waals surface area contributed by atoms with Crippen molar-refractivity contribution in [2.75, 3.05) is 26.3 Å². The fourth-order valence-corrected chi connectivity index (χ4v) is 2.68. The first kappa shape index (κ1) is 14.4. The predicted molar refractivity (Wildman–Crippen MR) is 76.8 cm³/mol. The number of urea groups is 1. The highest BCUT2D eigenvalue weighted by atomic mass is 16.5. The van der Waals surface area contributed by atoms with Crippen molar-refractivity contribution in [1.29, 1.82) is 0 Å². The molecule has 2 fully saturated rings. The van der Waals surface area contributed by atoms with Gasteiger partial charge in [-0.25, -0.2) is 9.78 Å². The van der Waals surface area contributed by atoms with Crippen LogP contribution in [0, 0.1) is 5.41 Å². The molecule has 2 amide bonds. The number of oxazole rings is 1. The zero-order valence-corrected chi connectivity index (χ0v) is 12.6. The fourth-order valence-electron chi connectivity index (χ4n) is 2.68. The van der Waals surface area contributed by atoms with Gasteiger partial charge in [0, 0.05) is 24.9 Å². The van der Waals surface area contributed by atoms with Crippen molar-refractivity contribution in [3.63, 3.8) is 0 Å². The number of hydrogen-bond donors (Lipinski definition) is 1. The Balaban J connectivity index is 1.50. The van der Waals surface area contributed by atoms with Crippen molar-refractivity contribution < 1.29 is 13.9 Å². The van der Waals surface area contributed by atoms with E-state index in [4.69, 9.17) is 9.15 Å². The molecular formula is C15H23N3O3. The third kappa shape index (κ3) is 3.56. The molecule has 2 aliphatic rings. The average molecular weight is 293 g/mol. The first-order chi connectivity index (χ1) is 10.2. The number of aryl methyl sites for hydroxylation is 1. The van der Waals surface area contributed by atoms with Crippen LogP contribution in [0.1, 0.15) is 37.8 Å². The summed E-state index contributed by atoms with van der Waals surface area (Å²) in [5.41, 5.74) is 0.231. The Labute approximate surface area is 124 Å². The lowest BCUT2D eigenvalue weighted by atomic mass is 10.1. The summed E-state index contributed by atoms with van der Waals surface area (Å²) in [6, 6.07) is -0.0415. The Bertz CT molecular complexity index is 496. The van der Waals surface area contributed by atoms with E-state index < -0.39 is 0 Å². The van der Waals surface area contributed by atoms with Crippen LogP contribution in [0.15, 0.2) is 10.6 Å². The van der Waals surface area contributed by atoms with Crippen LogP contribution in [0.5, 0.6) is 0 Å². The Hall–Kier alpha value is -1.56. The highest BCUT2D eigenvalue weighted by molar-refractivity contribution is 5.74. The lowest BCUT2D eigenvalue weighted by Crippen LogP contribution is -2.43. The van der Waals surface area contributed by atoms with E-state index in [1.54, 1.807) is 6.20 Å². The third-order valence-electron chi connectivity index (χ3n) is 4.16. The number of amides is 2. The van der Waals surface area contributed by atoms with Crippen LogP contribution < -0.4 is 5.32 Å². The van der Waals surface area contributed by atoms with Crippen molar-refractivity contribution in [3.05, 3.63) is 17.8 Å². The minimum Gasteiger partial charge on any atom is -0.444 e. The van der Waals surface area contributed by atoms with E-state index in [0.717, 1.165) is 31.9 Å². The number of nitrogens with zero attached hydrogens (tertiary/aromatic N) is 2. The molecule has 1 N–H and O–H groups in total. The van der Waals surface area contributed by atoms with E-state index in [2.05, 4.69) is 17.2 Å². The van der Waals surface area contributed by atoms with Gasteiger partial charge in [-0.2, -0.15) is 0 Å². The molecule has 1 aromatic heterocycles. The topological polar surface area (TPSA) is 67.6 Å². The van der Waals surface area contributed by atoms with Gasteiger partial charge in [0.15, 0.2) is 5.89 Å². The van der Waals surface area contributed by atoms with Crippen LogP contribution in [-0.2, 0) is 17.7 Å². The number of carbonyl (C=O) groups is 1. The van der Waals surface area contributed by atoms with Gasteiger partial charge in [-0.15, -0.1) is 0 Å². The molecule has 1 aliphatic heterocycles. The Morgan fingerprint density at radius 2 is 2.38 bits per heavy atom. The van der Waals surface area contributed by atoms with Crippen molar-refractivity contribution >= 4 is 6.03 Å². The molecule has 0 aromatic carbocycles. The van der Waals surface area contributed by atoms with Crippen molar-refractivity contribution in [2.45, 2.75) is 39.2 Å². The molecule has 0 unspecified atom stereocenters. The maximum atomic E-state index is 12.3. The summed E-state index contributed by atoms with van der Waals surface area (Å²) in [5, 5.41) is 2.92.